The van der Waals surface area contributed by atoms with Crippen molar-refractivity contribution in [1.82, 2.24) is 5.32 Å². The number of unbranched alkanes of at least 4 members (excludes halogenated alkanes) is 3. The Hall–Kier alpha value is -0.860. The second-order valence-corrected chi connectivity index (χ2v) is 5.84. The summed E-state index contributed by atoms with van der Waals surface area (Å²) in [5.41, 5.74) is 1.38. The minimum absolute atomic E-state index is 0.958. The molecule has 0 bridgehead atoms. The Bertz CT molecular complexity index is 522. The number of fused-ring (bicyclic) bond motifs is 1. The molecule has 0 unspecified atom stereocenters. The highest BCUT2D eigenvalue weighted by atomic mass is 79.9. The minimum Gasteiger partial charge on any atom is -0.313 e. The van der Waals surface area contributed by atoms with E-state index >= 15 is 0 Å². The minimum atomic E-state index is 0.958. The van der Waals surface area contributed by atoms with Gasteiger partial charge in [0, 0.05) is 11.0 Å². The molecule has 102 valence electrons. The standard InChI is InChI=1S/C17H22BrN/c1-2-3-4-7-12-19-13-14-10-11-17(18)16-9-6-5-8-15(14)16/h5-6,8-11,19H,2-4,7,12-13H2,1H3. The summed E-state index contributed by atoms with van der Waals surface area (Å²) in [6, 6.07) is 12.9. The Kier molecular flexibility index (Phi) is 5.87. The number of hydrogen-bond acceptors (Lipinski definition) is 1. The lowest BCUT2D eigenvalue weighted by Gasteiger charge is -2.09. The quantitative estimate of drug-likeness (QED) is 0.685. The molecule has 0 aliphatic heterocycles. The van der Waals surface area contributed by atoms with Gasteiger partial charge in [0.05, 0.1) is 0 Å². The van der Waals surface area contributed by atoms with Gasteiger partial charge in [0.25, 0.3) is 0 Å². The maximum absolute atomic E-state index is 3.62. The first kappa shape index (κ1) is 14.5. The molecule has 2 aromatic rings. The van der Waals surface area contributed by atoms with E-state index in [4.69, 9.17) is 0 Å². The molecule has 0 saturated carbocycles. The number of halogens is 1. The molecule has 0 aliphatic rings. The van der Waals surface area contributed by atoms with Gasteiger partial charge in [0.2, 0.25) is 0 Å². The molecule has 1 nitrogen and oxygen atoms in total. The highest BCUT2D eigenvalue weighted by molar-refractivity contribution is 9.10. The fourth-order valence-electron chi connectivity index (χ4n) is 2.38. The molecule has 1 N–H and O–H groups in total. The molecular formula is C17H22BrN. The first-order chi connectivity index (χ1) is 9.33. The summed E-state index contributed by atoms with van der Waals surface area (Å²) in [5.74, 6) is 0. The van der Waals surface area contributed by atoms with Crippen LogP contribution in [0.15, 0.2) is 40.9 Å². The van der Waals surface area contributed by atoms with Crippen molar-refractivity contribution in [1.29, 1.82) is 0 Å². The highest BCUT2D eigenvalue weighted by Crippen LogP contribution is 2.26. The van der Waals surface area contributed by atoms with Crippen LogP contribution in [0.3, 0.4) is 0 Å². The van der Waals surface area contributed by atoms with Gasteiger partial charge in [-0.15, -0.1) is 0 Å². The molecule has 2 rings (SSSR count). The van der Waals surface area contributed by atoms with Gasteiger partial charge in [0.15, 0.2) is 0 Å². The van der Waals surface area contributed by atoms with Crippen LogP contribution in [0.4, 0.5) is 0 Å². The number of hydrogen-bond donors (Lipinski definition) is 1. The van der Waals surface area contributed by atoms with Gasteiger partial charge in [0.1, 0.15) is 0 Å². The van der Waals surface area contributed by atoms with Crippen molar-refractivity contribution in [3.05, 3.63) is 46.4 Å². The zero-order valence-electron chi connectivity index (χ0n) is 11.6. The largest absolute Gasteiger partial charge is 0.313 e. The lowest BCUT2D eigenvalue weighted by Crippen LogP contribution is -2.14. The third kappa shape index (κ3) is 4.05. The zero-order valence-corrected chi connectivity index (χ0v) is 13.2. The van der Waals surface area contributed by atoms with Crippen LogP contribution in [0, 0.1) is 0 Å². The Morgan fingerprint density at radius 1 is 0.947 bits per heavy atom. The number of nitrogens with one attached hydrogen (secondary N) is 1. The molecule has 0 aliphatic carbocycles. The smallest absolute Gasteiger partial charge is 0.0253 e. The number of rotatable bonds is 7. The molecule has 0 spiro atoms. The Balaban J connectivity index is 1.96. The molecule has 0 aromatic heterocycles. The molecule has 0 saturated heterocycles. The number of benzene rings is 2. The summed E-state index contributed by atoms with van der Waals surface area (Å²) in [6.45, 7) is 4.33. The molecule has 2 aromatic carbocycles. The average Bonchev–Trinajstić information content (AvgIpc) is 2.45. The SMILES string of the molecule is CCCCCCNCc1ccc(Br)c2ccccc12. The van der Waals surface area contributed by atoms with Crippen molar-refractivity contribution in [2.75, 3.05) is 6.54 Å². The summed E-state index contributed by atoms with van der Waals surface area (Å²) in [4.78, 5) is 0. The van der Waals surface area contributed by atoms with Crippen molar-refractivity contribution in [3.63, 3.8) is 0 Å². The van der Waals surface area contributed by atoms with Crippen LogP contribution >= 0.6 is 15.9 Å². The van der Waals surface area contributed by atoms with Crippen molar-refractivity contribution < 1.29 is 0 Å². The van der Waals surface area contributed by atoms with Crippen molar-refractivity contribution in [2.45, 2.75) is 39.2 Å². The van der Waals surface area contributed by atoms with Crippen molar-refractivity contribution >= 4 is 26.7 Å². The van der Waals surface area contributed by atoms with Crippen LogP contribution < -0.4 is 5.32 Å². The van der Waals surface area contributed by atoms with E-state index in [1.165, 1.54) is 46.5 Å². The fraction of sp³-hybridized carbons (Fsp3) is 0.412. The van der Waals surface area contributed by atoms with Gasteiger partial charge in [-0.05, 0) is 35.4 Å². The van der Waals surface area contributed by atoms with E-state index in [1.54, 1.807) is 0 Å². The third-order valence-corrected chi connectivity index (χ3v) is 4.18. The third-order valence-electron chi connectivity index (χ3n) is 3.48. The predicted molar refractivity (Wildman–Crippen MR) is 87.5 cm³/mol. The van der Waals surface area contributed by atoms with Crippen LogP contribution in [0.2, 0.25) is 0 Å². The molecule has 0 heterocycles. The summed E-state index contributed by atoms with van der Waals surface area (Å²) in [7, 11) is 0. The Morgan fingerprint density at radius 3 is 2.53 bits per heavy atom. The normalized spacial score (nSPS) is 11.1. The zero-order chi connectivity index (χ0) is 13.5. The molecule has 19 heavy (non-hydrogen) atoms. The average molecular weight is 320 g/mol. The molecule has 0 radical (unpaired) electrons. The van der Waals surface area contributed by atoms with Gasteiger partial charge >= 0.3 is 0 Å². The van der Waals surface area contributed by atoms with Gasteiger partial charge in [-0.3, -0.25) is 0 Å². The monoisotopic (exact) mass is 319 g/mol. The van der Waals surface area contributed by atoms with Crippen LogP contribution in [-0.2, 0) is 6.54 Å². The second kappa shape index (κ2) is 7.66. The van der Waals surface area contributed by atoms with Gasteiger partial charge in [-0.2, -0.15) is 0 Å². The van der Waals surface area contributed by atoms with Crippen LogP contribution in [0.1, 0.15) is 38.2 Å². The van der Waals surface area contributed by atoms with E-state index in [-0.39, 0.29) is 0 Å². The maximum atomic E-state index is 3.62. The Labute approximate surface area is 124 Å². The first-order valence-electron chi connectivity index (χ1n) is 7.19. The van der Waals surface area contributed by atoms with E-state index in [0.717, 1.165) is 13.1 Å². The fourth-order valence-corrected chi connectivity index (χ4v) is 2.86. The summed E-state index contributed by atoms with van der Waals surface area (Å²) in [6.07, 6.45) is 5.27. The van der Waals surface area contributed by atoms with E-state index in [0.29, 0.717) is 0 Å². The van der Waals surface area contributed by atoms with E-state index in [9.17, 15) is 0 Å². The first-order valence-corrected chi connectivity index (χ1v) is 7.99. The molecule has 0 atom stereocenters. The van der Waals surface area contributed by atoms with Gasteiger partial charge < -0.3 is 5.32 Å². The predicted octanol–water partition coefficient (Wildman–Crippen LogP) is 5.27. The Morgan fingerprint density at radius 2 is 1.74 bits per heavy atom. The molecule has 2 heteroatoms. The summed E-state index contributed by atoms with van der Waals surface area (Å²) >= 11 is 3.62. The van der Waals surface area contributed by atoms with Crippen molar-refractivity contribution in [2.24, 2.45) is 0 Å². The van der Waals surface area contributed by atoms with Gasteiger partial charge in [-0.1, -0.05) is 72.4 Å². The van der Waals surface area contributed by atoms with Crippen molar-refractivity contribution in [3.8, 4) is 0 Å². The van der Waals surface area contributed by atoms with Crippen LogP contribution in [0.5, 0.6) is 0 Å². The van der Waals surface area contributed by atoms with Crippen LogP contribution in [0.25, 0.3) is 10.8 Å². The van der Waals surface area contributed by atoms with E-state index in [2.05, 4.69) is 64.6 Å². The lowest BCUT2D eigenvalue weighted by molar-refractivity contribution is 0.599. The lowest BCUT2D eigenvalue weighted by atomic mass is 10.0. The molecule has 0 fully saturated rings. The second-order valence-electron chi connectivity index (χ2n) is 4.99. The maximum Gasteiger partial charge on any atom is 0.0253 e. The van der Waals surface area contributed by atoms with E-state index in [1.807, 2.05) is 0 Å². The molecular weight excluding hydrogens is 298 g/mol. The molecule has 0 amide bonds. The van der Waals surface area contributed by atoms with Crippen LogP contribution in [-0.4, -0.2) is 6.54 Å². The van der Waals surface area contributed by atoms with Gasteiger partial charge in [-0.25, -0.2) is 0 Å². The topological polar surface area (TPSA) is 12.0 Å². The summed E-state index contributed by atoms with van der Waals surface area (Å²) in [5, 5.41) is 6.20. The highest BCUT2D eigenvalue weighted by Gasteiger charge is 2.03. The summed E-state index contributed by atoms with van der Waals surface area (Å²) < 4.78 is 1.18. The van der Waals surface area contributed by atoms with E-state index < -0.39 is 0 Å².